The number of carbonyl (C=O) groups is 1. The fourth-order valence-electron chi connectivity index (χ4n) is 3.44. The molecule has 0 radical (unpaired) electrons. The molecule has 7 nitrogen and oxygen atoms in total. The molecule has 0 bridgehead atoms. The van der Waals surface area contributed by atoms with Crippen molar-refractivity contribution in [2.45, 2.75) is 44.9 Å². The SMILES string of the molecule is CN=C(NCC(NC(=O)OC(C)(C)C)c1ccccc1)NC1CCOc2ccccc21.I. The Morgan fingerprint density at radius 2 is 1.84 bits per heavy atom. The van der Waals surface area contributed by atoms with Gasteiger partial charge >= 0.3 is 6.09 Å². The number of nitrogens with one attached hydrogen (secondary N) is 3. The lowest BCUT2D eigenvalue weighted by Crippen LogP contribution is -2.45. The minimum atomic E-state index is -0.563. The van der Waals surface area contributed by atoms with Gasteiger partial charge in [-0.15, -0.1) is 24.0 Å². The van der Waals surface area contributed by atoms with Gasteiger partial charge in [0, 0.05) is 25.6 Å². The van der Waals surface area contributed by atoms with Gasteiger partial charge in [0.2, 0.25) is 0 Å². The first-order chi connectivity index (χ1) is 14.9. The summed E-state index contributed by atoms with van der Waals surface area (Å²) in [5.74, 6) is 1.56. The number of hydrogen-bond acceptors (Lipinski definition) is 4. The molecule has 2 aromatic rings. The normalized spacial score (nSPS) is 16.5. The maximum absolute atomic E-state index is 12.4. The van der Waals surface area contributed by atoms with Gasteiger partial charge in [0.1, 0.15) is 11.4 Å². The van der Waals surface area contributed by atoms with E-state index >= 15 is 0 Å². The molecule has 1 aliphatic heterocycles. The summed E-state index contributed by atoms with van der Waals surface area (Å²) in [6.07, 6.45) is 0.389. The first-order valence-electron chi connectivity index (χ1n) is 10.6. The van der Waals surface area contributed by atoms with Crippen LogP contribution in [0, 0.1) is 0 Å². The van der Waals surface area contributed by atoms with Crippen LogP contribution in [0.3, 0.4) is 0 Å². The summed E-state index contributed by atoms with van der Waals surface area (Å²) in [7, 11) is 1.74. The van der Waals surface area contributed by atoms with Crippen molar-refractivity contribution in [2.75, 3.05) is 20.2 Å². The number of fused-ring (bicyclic) bond motifs is 1. The smallest absolute Gasteiger partial charge is 0.408 e. The number of hydrogen-bond donors (Lipinski definition) is 3. The molecule has 8 heteroatoms. The second kappa shape index (κ2) is 11.9. The monoisotopic (exact) mass is 552 g/mol. The number of alkyl carbamates (subject to hydrolysis) is 1. The van der Waals surface area contributed by atoms with E-state index in [0.717, 1.165) is 23.3 Å². The van der Waals surface area contributed by atoms with Crippen molar-refractivity contribution >= 4 is 36.0 Å². The number of amides is 1. The average Bonchev–Trinajstić information content (AvgIpc) is 2.75. The molecular formula is C24H33IN4O3. The summed E-state index contributed by atoms with van der Waals surface area (Å²) in [5, 5.41) is 9.78. The van der Waals surface area contributed by atoms with Crippen molar-refractivity contribution in [1.29, 1.82) is 0 Å². The predicted molar refractivity (Wildman–Crippen MR) is 138 cm³/mol. The lowest BCUT2D eigenvalue weighted by atomic mass is 10.0. The molecule has 174 valence electrons. The summed E-state index contributed by atoms with van der Waals surface area (Å²) in [5.41, 5.74) is 1.53. The van der Waals surface area contributed by atoms with Crippen LogP contribution in [0.25, 0.3) is 0 Å². The zero-order valence-corrected chi connectivity index (χ0v) is 21.4. The van der Waals surface area contributed by atoms with Gasteiger partial charge in [0.05, 0.1) is 18.7 Å². The van der Waals surface area contributed by atoms with Crippen molar-refractivity contribution in [3.63, 3.8) is 0 Å². The van der Waals surface area contributed by atoms with Crippen LogP contribution in [-0.2, 0) is 4.74 Å². The second-order valence-electron chi connectivity index (χ2n) is 8.43. The van der Waals surface area contributed by atoms with Gasteiger partial charge in [-0.05, 0) is 32.4 Å². The van der Waals surface area contributed by atoms with E-state index in [4.69, 9.17) is 9.47 Å². The molecule has 1 heterocycles. The number of nitrogens with zero attached hydrogens (tertiary/aromatic N) is 1. The van der Waals surface area contributed by atoms with Crippen LogP contribution < -0.4 is 20.7 Å². The molecule has 0 aliphatic carbocycles. The van der Waals surface area contributed by atoms with Crippen molar-refractivity contribution in [3.05, 3.63) is 65.7 Å². The van der Waals surface area contributed by atoms with Gasteiger partial charge in [0.15, 0.2) is 5.96 Å². The lowest BCUT2D eigenvalue weighted by Gasteiger charge is -2.29. The van der Waals surface area contributed by atoms with E-state index in [-0.39, 0.29) is 36.1 Å². The van der Waals surface area contributed by atoms with Crippen LogP contribution >= 0.6 is 24.0 Å². The molecule has 3 rings (SSSR count). The highest BCUT2D eigenvalue weighted by Crippen LogP contribution is 2.31. The van der Waals surface area contributed by atoms with E-state index in [1.807, 2.05) is 69.3 Å². The van der Waals surface area contributed by atoms with Crippen LogP contribution in [0.15, 0.2) is 59.6 Å². The Morgan fingerprint density at radius 1 is 1.16 bits per heavy atom. The number of rotatable bonds is 5. The van der Waals surface area contributed by atoms with Crippen LogP contribution in [0.4, 0.5) is 4.79 Å². The average molecular weight is 552 g/mol. The maximum Gasteiger partial charge on any atom is 0.408 e. The third-order valence-corrected chi connectivity index (χ3v) is 4.86. The Hall–Kier alpha value is -2.49. The second-order valence-corrected chi connectivity index (χ2v) is 8.43. The Morgan fingerprint density at radius 3 is 2.53 bits per heavy atom. The highest BCUT2D eigenvalue weighted by Gasteiger charge is 2.23. The molecular weight excluding hydrogens is 519 g/mol. The third kappa shape index (κ3) is 7.58. The fourth-order valence-corrected chi connectivity index (χ4v) is 3.44. The van der Waals surface area contributed by atoms with E-state index in [9.17, 15) is 4.79 Å². The van der Waals surface area contributed by atoms with Crippen molar-refractivity contribution in [2.24, 2.45) is 4.99 Å². The van der Waals surface area contributed by atoms with E-state index in [1.54, 1.807) is 7.05 Å². The van der Waals surface area contributed by atoms with E-state index in [0.29, 0.717) is 19.1 Å². The van der Waals surface area contributed by atoms with Gasteiger partial charge in [-0.1, -0.05) is 48.5 Å². The molecule has 0 spiro atoms. The summed E-state index contributed by atoms with van der Waals surface area (Å²) >= 11 is 0. The number of aliphatic imine (C=N–C) groups is 1. The van der Waals surface area contributed by atoms with Gasteiger partial charge in [-0.25, -0.2) is 4.79 Å². The summed E-state index contributed by atoms with van der Waals surface area (Å²) in [6.45, 7) is 6.64. The molecule has 2 unspecified atom stereocenters. The van der Waals surface area contributed by atoms with E-state index < -0.39 is 11.7 Å². The Bertz CT molecular complexity index is 900. The molecule has 0 saturated carbocycles. The first-order valence-corrected chi connectivity index (χ1v) is 10.6. The highest BCUT2D eigenvalue weighted by atomic mass is 127. The third-order valence-electron chi connectivity index (χ3n) is 4.86. The van der Waals surface area contributed by atoms with E-state index in [2.05, 4.69) is 27.0 Å². The molecule has 2 atom stereocenters. The zero-order valence-electron chi connectivity index (χ0n) is 19.1. The number of benzene rings is 2. The molecule has 1 amide bonds. The Balaban J connectivity index is 0.00000363. The predicted octanol–water partition coefficient (Wildman–Crippen LogP) is 4.56. The summed E-state index contributed by atoms with van der Waals surface area (Å²) in [6, 6.07) is 17.7. The van der Waals surface area contributed by atoms with Crippen LogP contribution in [0.2, 0.25) is 0 Å². The number of para-hydroxylation sites is 1. The number of carbonyl (C=O) groups excluding carboxylic acids is 1. The number of guanidine groups is 1. The van der Waals surface area contributed by atoms with Crippen molar-refractivity contribution in [3.8, 4) is 5.75 Å². The first kappa shape index (κ1) is 25.8. The largest absolute Gasteiger partial charge is 0.493 e. The van der Waals surface area contributed by atoms with Crippen LogP contribution in [0.1, 0.15) is 50.4 Å². The molecule has 0 saturated heterocycles. The topological polar surface area (TPSA) is 84.0 Å². The standard InChI is InChI=1S/C24H32N4O3.HI/c1-24(2,3)31-23(29)28-20(17-10-6-5-7-11-17)16-26-22(25-4)27-19-14-15-30-21-13-9-8-12-18(19)21;/h5-13,19-20H,14-16H2,1-4H3,(H,28,29)(H2,25,26,27);1H. The summed E-state index contributed by atoms with van der Waals surface area (Å²) in [4.78, 5) is 16.8. The molecule has 32 heavy (non-hydrogen) atoms. The highest BCUT2D eigenvalue weighted by molar-refractivity contribution is 14.0. The maximum atomic E-state index is 12.4. The Kier molecular flexibility index (Phi) is 9.61. The molecule has 2 aromatic carbocycles. The molecule has 3 N–H and O–H groups in total. The Labute approximate surface area is 207 Å². The molecule has 0 fully saturated rings. The quantitative estimate of drug-likeness (QED) is 0.288. The van der Waals surface area contributed by atoms with Gasteiger partial charge in [-0.3, -0.25) is 4.99 Å². The lowest BCUT2D eigenvalue weighted by molar-refractivity contribution is 0.0504. The van der Waals surface area contributed by atoms with Gasteiger partial charge in [0.25, 0.3) is 0 Å². The number of halogens is 1. The van der Waals surface area contributed by atoms with Crippen molar-refractivity contribution in [1.82, 2.24) is 16.0 Å². The van der Waals surface area contributed by atoms with E-state index in [1.165, 1.54) is 0 Å². The molecule has 0 aromatic heterocycles. The number of ether oxygens (including phenoxy) is 2. The molecule has 1 aliphatic rings. The minimum absolute atomic E-state index is 0. The van der Waals surface area contributed by atoms with Gasteiger partial charge in [-0.2, -0.15) is 0 Å². The van der Waals surface area contributed by atoms with Crippen LogP contribution in [-0.4, -0.2) is 37.9 Å². The van der Waals surface area contributed by atoms with Crippen LogP contribution in [0.5, 0.6) is 5.75 Å². The van der Waals surface area contributed by atoms with Crippen molar-refractivity contribution < 1.29 is 14.3 Å². The van der Waals surface area contributed by atoms with Gasteiger partial charge < -0.3 is 25.4 Å². The zero-order chi connectivity index (χ0) is 22.3. The minimum Gasteiger partial charge on any atom is -0.493 e. The fraction of sp³-hybridized carbons (Fsp3) is 0.417. The summed E-state index contributed by atoms with van der Waals surface area (Å²) < 4.78 is 11.2.